The number of aromatic nitrogens is 2. The van der Waals surface area contributed by atoms with Crippen LogP contribution in [-0.4, -0.2) is 21.0 Å². The summed E-state index contributed by atoms with van der Waals surface area (Å²) in [6.45, 7) is 2.99. The number of hydrogen-bond acceptors (Lipinski definition) is 2. The number of benzene rings is 1. The number of fused-ring (bicyclic) bond motifs is 1. The molecule has 0 fully saturated rings. The molecular formula is C20H20ClN3. The molecule has 122 valence electrons. The van der Waals surface area contributed by atoms with Crippen LogP contribution in [0.4, 0.5) is 0 Å². The van der Waals surface area contributed by atoms with Gasteiger partial charge in [0.05, 0.1) is 6.04 Å². The van der Waals surface area contributed by atoms with Crippen LogP contribution >= 0.6 is 11.6 Å². The Morgan fingerprint density at radius 1 is 1.08 bits per heavy atom. The molecule has 0 saturated carbocycles. The lowest BCUT2D eigenvalue weighted by atomic mass is 10.0. The number of aryl methyl sites for hydroxylation is 1. The van der Waals surface area contributed by atoms with Crippen LogP contribution in [0.15, 0.2) is 67.1 Å². The molecule has 0 spiro atoms. The third kappa shape index (κ3) is 3.10. The second-order valence-corrected chi connectivity index (χ2v) is 6.71. The molecular weight excluding hydrogens is 318 g/mol. The van der Waals surface area contributed by atoms with Crippen molar-refractivity contribution in [1.82, 2.24) is 14.5 Å². The Morgan fingerprint density at radius 3 is 2.88 bits per heavy atom. The summed E-state index contributed by atoms with van der Waals surface area (Å²) in [5.74, 6) is 0. The molecule has 4 heteroatoms. The van der Waals surface area contributed by atoms with E-state index in [4.69, 9.17) is 11.6 Å². The molecule has 0 bridgehead atoms. The van der Waals surface area contributed by atoms with Gasteiger partial charge in [-0.25, -0.2) is 0 Å². The van der Waals surface area contributed by atoms with Crippen molar-refractivity contribution in [2.75, 3.05) is 6.54 Å². The summed E-state index contributed by atoms with van der Waals surface area (Å²) in [5, 5.41) is 0.788. The average Bonchev–Trinajstić information content (AvgIpc) is 2.97. The molecule has 0 amide bonds. The summed E-state index contributed by atoms with van der Waals surface area (Å²) in [6.07, 6.45) is 7.10. The molecule has 0 N–H and O–H groups in total. The number of rotatable bonds is 3. The Morgan fingerprint density at radius 2 is 2.04 bits per heavy atom. The minimum Gasteiger partial charge on any atom is -0.350 e. The van der Waals surface area contributed by atoms with Gasteiger partial charge in [0.15, 0.2) is 0 Å². The van der Waals surface area contributed by atoms with Gasteiger partial charge in [0.25, 0.3) is 0 Å². The summed E-state index contributed by atoms with van der Waals surface area (Å²) in [4.78, 5) is 6.80. The predicted molar refractivity (Wildman–Crippen MR) is 97.0 cm³/mol. The second-order valence-electron chi connectivity index (χ2n) is 6.27. The van der Waals surface area contributed by atoms with Crippen LogP contribution in [0.25, 0.3) is 0 Å². The fourth-order valence-corrected chi connectivity index (χ4v) is 3.79. The number of pyridine rings is 1. The van der Waals surface area contributed by atoms with E-state index < -0.39 is 0 Å². The molecule has 2 aromatic heterocycles. The highest BCUT2D eigenvalue weighted by Gasteiger charge is 2.27. The predicted octanol–water partition coefficient (Wildman–Crippen LogP) is 4.53. The van der Waals surface area contributed by atoms with E-state index in [9.17, 15) is 0 Å². The summed E-state index contributed by atoms with van der Waals surface area (Å²) >= 11 is 6.28. The Labute approximate surface area is 147 Å². The summed E-state index contributed by atoms with van der Waals surface area (Å²) in [7, 11) is 0. The van der Waals surface area contributed by atoms with E-state index in [1.54, 1.807) is 0 Å². The van der Waals surface area contributed by atoms with Gasteiger partial charge in [-0.05, 0) is 47.9 Å². The SMILES string of the molecule is Clc1cccc(C2c3cccn3CCCN2Cc2cccnc2)c1. The lowest BCUT2D eigenvalue weighted by Crippen LogP contribution is -2.29. The average molecular weight is 338 g/mol. The molecule has 0 radical (unpaired) electrons. The van der Waals surface area contributed by atoms with Crippen LogP contribution in [-0.2, 0) is 13.1 Å². The van der Waals surface area contributed by atoms with Crippen molar-refractivity contribution >= 4 is 11.6 Å². The summed E-state index contributed by atoms with van der Waals surface area (Å²) < 4.78 is 2.37. The third-order valence-corrected chi connectivity index (χ3v) is 4.86. The summed E-state index contributed by atoms with van der Waals surface area (Å²) in [6, 6.07) is 17.0. The van der Waals surface area contributed by atoms with E-state index in [1.807, 2.05) is 30.6 Å². The van der Waals surface area contributed by atoms with Crippen molar-refractivity contribution in [2.24, 2.45) is 0 Å². The van der Waals surface area contributed by atoms with Crippen molar-refractivity contribution in [2.45, 2.75) is 25.6 Å². The Balaban J connectivity index is 1.76. The highest BCUT2D eigenvalue weighted by Crippen LogP contribution is 2.33. The number of halogens is 1. The van der Waals surface area contributed by atoms with E-state index in [1.165, 1.54) is 16.8 Å². The van der Waals surface area contributed by atoms with Crippen LogP contribution in [0.2, 0.25) is 5.02 Å². The van der Waals surface area contributed by atoms with E-state index in [-0.39, 0.29) is 6.04 Å². The maximum atomic E-state index is 6.28. The first-order valence-electron chi connectivity index (χ1n) is 8.35. The highest BCUT2D eigenvalue weighted by molar-refractivity contribution is 6.30. The fraction of sp³-hybridized carbons (Fsp3) is 0.250. The fourth-order valence-electron chi connectivity index (χ4n) is 3.59. The zero-order valence-corrected chi connectivity index (χ0v) is 14.2. The number of nitrogens with zero attached hydrogens (tertiary/aromatic N) is 3. The van der Waals surface area contributed by atoms with Crippen LogP contribution < -0.4 is 0 Å². The molecule has 1 unspecified atom stereocenters. The molecule has 24 heavy (non-hydrogen) atoms. The van der Waals surface area contributed by atoms with E-state index in [2.05, 4.69) is 51.0 Å². The quantitative estimate of drug-likeness (QED) is 0.700. The number of hydrogen-bond donors (Lipinski definition) is 0. The largest absolute Gasteiger partial charge is 0.350 e. The Kier molecular flexibility index (Phi) is 4.37. The maximum absolute atomic E-state index is 6.28. The third-order valence-electron chi connectivity index (χ3n) is 4.63. The molecule has 4 rings (SSSR count). The van der Waals surface area contributed by atoms with Gasteiger partial charge >= 0.3 is 0 Å². The zero-order chi connectivity index (χ0) is 16.4. The zero-order valence-electron chi connectivity index (χ0n) is 13.5. The van der Waals surface area contributed by atoms with Crippen molar-refractivity contribution in [3.63, 3.8) is 0 Å². The van der Waals surface area contributed by atoms with Gasteiger partial charge in [-0.3, -0.25) is 9.88 Å². The second kappa shape index (κ2) is 6.80. The van der Waals surface area contributed by atoms with Gasteiger partial charge in [0.1, 0.15) is 0 Å². The van der Waals surface area contributed by atoms with E-state index in [0.717, 1.165) is 31.1 Å². The van der Waals surface area contributed by atoms with Gasteiger partial charge in [0, 0.05) is 48.9 Å². The van der Waals surface area contributed by atoms with Crippen LogP contribution in [0.1, 0.15) is 29.3 Å². The monoisotopic (exact) mass is 337 g/mol. The topological polar surface area (TPSA) is 21.1 Å². The molecule has 0 aliphatic carbocycles. The molecule has 3 heterocycles. The van der Waals surface area contributed by atoms with Crippen molar-refractivity contribution in [1.29, 1.82) is 0 Å². The molecule has 1 aliphatic heterocycles. The Bertz CT molecular complexity index is 813. The minimum atomic E-state index is 0.210. The van der Waals surface area contributed by atoms with Gasteiger partial charge in [-0.15, -0.1) is 0 Å². The maximum Gasteiger partial charge on any atom is 0.0759 e. The van der Waals surface area contributed by atoms with Crippen LogP contribution in [0.5, 0.6) is 0 Å². The first-order valence-corrected chi connectivity index (χ1v) is 8.72. The first kappa shape index (κ1) is 15.4. The molecule has 3 nitrogen and oxygen atoms in total. The molecule has 1 atom stereocenters. The van der Waals surface area contributed by atoms with Crippen molar-refractivity contribution in [3.8, 4) is 0 Å². The van der Waals surface area contributed by atoms with Gasteiger partial charge in [-0.1, -0.05) is 29.8 Å². The lowest BCUT2D eigenvalue weighted by molar-refractivity contribution is 0.220. The standard InChI is InChI=1S/C20H20ClN3/c21-18-7-1-6-17(13-18)20-19-8-3-10-23(19)11-4-12-24(20)15-16-5-2-9-22-14-16/h1-3,5-10,13-14,20H,4,11-12,15H2. The molecule has 1 aliphatic rings. The van der Waals surface area contributed by atoms with Gasteiger partial charge in [0.2, 0.25) is 0 Å². The van der Waals surface area contributed by atoms with Crippen LogP contribution in [0.3, 0.4) is 0 Å². The van der Waals surface area contributed by atoms with E-state index >= 15 is 0 Å². The van der Waals surface area contributed by atoms with Crippen molar-refractivity contribution in [3.05, 3.63) is 89.0 Å². The van der Waals surface area contributed by atoms with Crippen molar-refractivity contribution < 1.29 is 0 Å². The first-order chi connectivity index (χ1) is 11.8. The van der Waals surface area contributed by atoms with Gasteiger partial charge < -0.3 is 4.57 Å². The molecule has 3 aromatic rings. The minimum absolute atomic E-state index is 0.210. The van der Waals surface area contributed by atoms with Crippen LogP contribution in [0, 0.1) is 0 Å². The molecule has 1 aromatic carbocycles. The molecule has 0 saturated heterocycles. The summed E-state index contributed by atoms with van der Waals surface area (Å²) in [5.41, 5.74) is 3.82. The van der Waals surface area contributed by atoms with E-state index in [0.29, 0.717) is 0 Å². The lowest BCUT2D eigenvalue weighted by Gasteiger charge is -2.30. The highest BCUT2D eigenvalue weighted by atomic mass is 35.5. The smallest absolute Gasteiger partial charge is 0.0759 e. The van der Waals surface area contributed by atoms with Gasteiger partial charge in [-0.2, -0.15) is 0 Å². The Hall–Kier alpha value is -2.10. The normalized spacial score (nSPS) is 18.1.